The molecular weight excluding hydrogens is 459 g/mol. The number of carbonyl (C=O) groups is 1. The highest BCUT2D eigenvalue weighted by molar-refractivity contribution is 5.99. The van der Waals surface area contributed by atoms with E-state index in [1.165, 1.54) is 20.1 Å². The summed E-state index contributed by atoms with van der Waals surface area (Å²) in [7, 11) is 3.31. The highest BCUT2D eigenvalue weighted by Gasteiger charge is 2.32. The number of nitrogens with two attached hydrogens (primary N) is 1. The summed E-state index contributed by atoms with van der Waals surface area (Å²) >= 11 is 0. The van der Waals surface area contributed by atoms with Crippen molar-refractivity contribution in [1.29, 1.82) is 0 Å². The molecule has 2 aromatic heterocycles. The molecule has 0 radical (unpaired) electrons. The number of hydrogen-bond acceptors (Lipinski definition) is 4. The first kappa shape index (κ1) is 24.2. The average Bonchev–Trinajstić information content (AvgIpc) is 3.07. The van der Waals surface area contributed by atoms with Gasteiger partial charge in [0.25, 0.3) is 0 Å². The summed E-state index contributed by atoms with van der Waals surface area (Å²) in [6, 6.07) is 15.4. The minimum atomic E-state index is -4.52. The number of nitrogens with zero attached hydrogens (tertiary/aromatic N) is 4. The molecule has 2 N–H and O–H groups in total. The van der Waals surface area contributed by atoms with E-state index in [0.29, 0.717) is 27.8 Å². The number of amides is 1. The Kier molecular flexibility index (Phi) is 6.49. The minimum absolute atomic E-state index is 0.151. The first-order chi connectivity index (χ1) is 16.6. The number of benzene rings is 2. The zero-order valence-corrected chi connectivity index (χ0v) is 19.2. The fourth-order valence-electron chi connectivity index (χ4n) is 3.98. The van der Waals surface area contributed by atoms with Crippen LogP contribution in [0.4, 0.5) is 18.9 Å². The molecule has 0 saturated heterocycles. The Morgan fingerprint density at radius 3 is 2.34 bits per heavy atom. The standard InChI is InChI=1S/C25H24F3N5O2/c1-31-19-10-9-18(14-20(19)32(2)24(31)35)33(23(34)22(29)17-6-4-3-5-7-17)13-12-16-8-11-21(30-15-16)25(26,27)28/h3-11,14-15,22H,12-13,29H2,1-2H3/t22-/m0/s1. The Bertz CT molecular complexity index is 1410. The van der Waals surface area contributed by atoms with Gasteiger partial charge in [-0.25, -0.2) is 4.79 Å². The van der Waals surface area contributed by atoms with Gasteiger partial charge in [0.05, 0.1) is 11.0 Å². The predicted octanol–water partition coefficient (Wildman–Crippen LogP) is 3.57. The average molecular weight is 483 g/mol. The maximum atomic E-state index is 13.5. The van der Waals surface area contributed by atoms with Crippen LogP contribution in [0, 0.1) is 0 Å². The molecule has 35 heavy (non-hydrogen) atoms. The van der Waals surface area contributed by atoms with E-state index in [0.717, 1.165) is 12.3 Å². The molecule has 7 nitrogen and oxygen atoms in total. The molecule has 4 rings (SSSR count). The summed E-state index contributed by atoms with van der Waals surface area (Å²) in [5.74, 6) is -0.378. The topological polar surface area (TPSA) is 86.2 Å². The van der Waals surface area contributed by atoms with Crippen molar-refractivity contribution in [2.75, 3.05) is 11.4 Å². The van der Waals surface area contributed by atoms with Crippen LogP contribution in [0.5, 0.6) is 0 Å². The first-order valence-electron chi connectivity index (χ1n) is 10.9. The molecule has 2 aromatic carbocycles. The number of fused-ring (bicyclic) bond motifs is 1. The third-order valence-corrected chi connectivity index (χ3v) is 6.00. The van der Waals surface area contributed by atoms with Gasteiger partial charge in [0.2, 0.25) is 5.91 Å². The van der Waals surface area contributed by atoms with Gasteiger partial charge in [-0.2, -0.15) is 13.2 Å². The van der Waals surface area contributed by atoms with Gasteiger partial charge in [0.15, 0.2) is 0 Å². The highest BCUT2D eigenvalue weighted by Crippen LogP contribution is 2.28. The molecule has 0 fully saturated rings. The van der Waals surface area contributed by atoms with Gasteiger partial charge in [-0.3, -0.25) is 18.9 Å². The quantitative estimate of drug-likeness (QED) is 0.454. The lowest BCUT2D eigenvalue weighted by Crippen LogP contribution is -2.40. The summed E-state index contributed by atoms with van der Waals surface area (Å²) in [6.07, 6.45) is -3.11. The Morgan fingerprint density at radius 2 is 1.71 bits per heavy atom. The van der Waals surface area contributed by atoms with Crippen LogP contribution in [0.15, 0.2) is 71.7 Å². The molecule has 0 saturated carbocycles. The maximum Gasteiger partial charge on any atom is 0.433 e. The SMILES string of the molecule is Cn1c(=O)n(C)c2cc(N(CCc3ccc(C(F)(F)F)nc3)C(=O)[C@@H](N)c3ccccc3)ccc21. The molecule has 0 aliphatic rings. The predicted molar refractivity (Wildman–Crippen MR) is 127 cm³/mol. The van der Waals surface area contributed by atoms with Crippen molar-refractivity contribution in [3.63, 3.8) is 0 Å². The summed E-state index contributed by atoms with van der Waals surface area (Å²) in [6.45, 7) is 0.151. The van der Waals surface area contributed by atoms with Crippen molar-refractivity contribution in [1.82, 2.24) is 14.1 Å². The van der Waals surface area contributed by atoms with E-state index >= 15 is 0 Å². The summed E-state index contributed by atoms with van der Waals surface area (Å²) in [4.78, 5) is 30.8. The largest absolute Gasteiger partial charge is 0.433 e. The molecule has 2 heterocycles. The van der Waals surface area contributed by atoms with E-state index in [1.807, 2.05) is 6.07 Å². The van der Waals surface area contributed by atoms with Crippen molar-refractivity contribution >= 4 is 22.6 Å². The Hall–Kier alpha value is -3.92. The fraction of sp³-hybridized carbons (Fsp3) is 0.240. The summed E-state index contributed by atoms with van der Waals surface area (Å²) in [5, 5.41) is 0. The van der Waals surface area contributed by atoms with Gasteiger partial charge in [0.1, 0.15) is 11.7 Å². The van der Waals surface area contributed by atoms with E-state index in [1.54, 1.807) is 56.6 Å². The smallest absolute Gasteiger partial charge is 0.316 e. The number of anilines is 1. The van der Waals surface area contributed by atoms with Gasteiger partial charge in [-0.05, 0) is 41.8 Å². The van der Waals surface area contributed by atoms with Crippen molar-refractivity contribution in [2.45, 2.75) is 18.6 Å². The van der Waals surface area contributed by atoms with Crippen LogP contribution in [0.2, 0.25) is 0 Å². The number of hydrogen-bond donors (Lipinski definition) is 1. The highest BCUT2D eigenvalue weighted by atomic mass is 19.4. The van der Waals surface area contributed by atoms with E-state index in [-0.39, 0.29) is 24.6 Å². The number of pyridine rings is 1. The minimum Gasteiger partial charge on any atom is -0.316 e. The van der Waals surface area contributed by atoms with Gasteiger partial charge in [0, 0.05) is 32.5 Å². The van der Waals surface area contributed by atoms with Crippen LogP contribution in [0.3, 0.4) is 0 Å². The number of imidazole rings is 1. The number of carbonyl (C=O) groups excluding carboxylic acids is 1. The molecule has 1 amide bonds. The number of halogens is 3. The lowest BCUT2D eigenvalue weighted by molar-refractivity contribution is -0.141. The number of aryl methyl sites for hydroxylation is 2. The fourth-order valence-corrected chi connectivity index (χ4v) is 3.98. The van der Waals surface area contributed by atoms with Crippen LogP contribution >= 0.6 is 0 Å². The van der Waals surface area contributed by atoms with E-state index < -0.39 is 17.9 Å². The zero-order valence-electron chi connectivity index (χ0n) is 19.2. The maximum absolute atomic E-state index is 13.5. The molecule has 4 aromatic rings. The summed E-state index contributed by atoms with van der Waals surface area (Å²) in [5.41, 5.74) is 8.15. The zero-order chi connectivity index (χ0) is 25.3. The lowest BCUT2D eigenvalue weighted by atomic mass is 10.1. The molecule has 1 atom stereocenters. The molecule has 0 bridgehead atoms. The number of aromatic nitrogens is 3. The molecule has 0 spiro atoms. The van der Waals surface area contributed by atoms with Gasteiger partial charge in [-0.15, -0.1) is 0 Å². The van der Waals surface area contributed by atoms with Crippen molar-refractivity contribution < 1.29 is 18.0 Å². The normalized spacial score (nSPS) is 12.6. The second-order valence-corrected chi connectivity index (χ2v) is 8.25. The Morgan fingerprint density at radius 1 is 1.03 bits per heavy atom. The third-order valence-electron chi connectivity index (χ3n) is 6.00. The lowest BCUT2D eigenvalue weighted by Gasteiger charge is -2.26. The van der Waals surface area contributed by atoms with Gasteiger partial charge in [-0.1, -0.05) is 36.4 Å². The molecule has 182 valence electrons. The third kappa shape index (κ3) is 4.83. The first-order valence-corrected chi connectivity index (χ1v) is 10.9. The molecular formula is C25H24F3N5O2. The van der Waals surface area contributed by atoms with Gasteiger partial charge >= 0.3 is 11.9 Å². The van der Waals surface area contributed by atoms with Crippen LogP contribution in [-0.4, -0.2) is 26.6 Å². The second kappa shape index (κ2) is 9.38. The van der Waals surface area contributed by atoms with Crippen molar-refractivity contribution in [3.8, 4) is 0 Å². The summed E-state index contributed by atoms with van der Waals surface area (Å²) < 4.78 is 41.5. The molecule has 10 heteroatoms. The number of rotatable bonds is 6. The van der Waals surface area contributed by atoms with Gasteiger partial charge < -0.3 is 10.6 Å². The second-order valence-electron chi connectivity index (χ2n) is 8.25. The van der Waals surface area contributed by atoms with E-state index in [4.69, 9.17) is 5.73 Å². The van der Waals surface area contributed by atoms with Crippen LogP contribution in [0.25, 0.3) is 11.0 Å². The monoisotopic (exact) mass is 483 g/mol. The molecule has 0 aliphatic heterocycles. The van der Waals surface area contributed by atoms with E-state index in [9.17, 15) is 22.8 Å². The van der Waals surface area contributed by atoms with Crippen LogP contribution < -0.4 is 16.3 Å². The van der Waals surface area contributed by atoms with Crippen LogP contribution in [-0.2, 0) is 31.5 Å². The van der Waals surface area contributed by atoms with Crippen molar-refractivity contribution in [3.05, 3.63) is 94.2 Å². The molecule has 0 unspecified atom stereocenters. The van der Waals surface area contributed by atoms with E-state index in [2.05, 4.69) is 4.98 Å². The Labute approximate surface area is 199 Å². The van der Waals surface area contributed by atoms with Crippen LogP contribution in [0.1, 0.15) is 22.9 Å². The van der Waals surface area contributed by atoms with Crippen molar-refractivity contribution in [2.24, 2.45) is 19.8 Å². The Balaban J connectivity index is 1.68. The number of alkyl halides is 3. The molecule has 0 aliphatic carbocycles.